The lowest BCUT2D eigenvalue weighted by molar-refractivity contribution is 0.0762. The van der Waals surface area contributed by atoms with E-state index in [1.807, 2.05) is 0 Å². The van der Waals surface area contributed by atoms with Crippen LogP contribution in [0, 0.1) is 0 Å². The molecule has 3 heteroatoms. The molecular weight excluding hydrogens is 174 g/mol. The van der Waals surface area contributed by atoms with E-state index in [0.717, 1.165) is 19.0 Å². The molecule has 3 nitrogen and oxygen atoms in total. The van der Waals surface area contributed by atoms with Gasteiger partial charge in [0.05, 0.1) is 0 Å². The third kappa shape index (κ3) is 3.23. The summed E-state index contributed by atoms with van der Waals surface area (Å²) in [4.78, 5) is 5.16. The Morgan fingerprint density at radius 1 is 1.29 bits per heavy atom. The van der Waals surface area contributed by atoms with Crippen molar-refractivity contribution in [1.29, 1.82) is 0 Å². The average molecular weight is 199 g/mol. The summed E-state index contributed by atoms with van der Waals surface area (Å²) in [5, 5.41) is 0. The van der Waals surface area contributed by atoms with Crippen LogP contribution in [0.5, 0.6) is 0 Å². The van der Waals surface area contributed by atoms with Gasteiger partial charge in [-0.05, 0) is 32.5 Å². The molecule has 14 heavy (non-hydrogen) atoms. The summed E-state index contributed by atoms with van der Waals surface area (Å²) < 4.78 is 0. The van der Waals surface area contributed by atoms with Gasteiger partial charge >= 0.3 is 0 Å². The largest absolute Gasteiger partial charge is 0.330 e. The molecule has 0 amide bonds. The van der Waals surface area contributed by atoms with Gasteiger partial charge in [0, 0.05) is 25.7 Å². The lowest BCUT2D eigenvalue weighted by atomic mass is 10.1. The molecule has 1 aliphatic heterocycles. The van der Waals surface area contributed by atoms with Crippen molar-refractivity contribution in [1.82, 2.24) is 9.80 Å². The Bertz CT molecular complexity index is 149. The number of hydrogen-bond donors (Lipinski definition) is 1. The second-order valence-corrected chi connectivity index (χ2v) is 4.13. The Hall–Kier alpha value is -0.120. The first-order valence-corrected chi connectivity index (χ1v) is 5.98. The quantitative estimate of drug-likeness (QED) is 0.709. The van der Waals surface area contributed by atoms with E-state index < -0.39 is 0 Å². The van der Waals surface area contributed by atoms with Crippen LogP contribution in [0.3, 0.4) is 0 Å². The highest BCUT2D eigenvalue weighted by atomic mass is 15.3. The smallest absolute Gasteiger partial charge is 0.0220 e. The fourth-order valence-corrected chi connectivity index (χ4v) is 2.28. The first kappa shape index (κ1) is 12.0. The van der Waals surface area contributed by atoms with E-state index in [1.54, 1.807) is 0 Å². The molecule has 1 heterocycles. The van der Waals surface area contributed by atoms with Crippen LogP contribution in [-0.4, -0.2) is 55.1 Å². The van der Waals surface area contributed by atoms with Gasteiger partial charge in [-0.15, -0.1) is 0 Å². The summed E-state index contributed by atoms with van der Waals surface area (Å²) in [6.07, 6.45) is 2.41. The zero-order valence-electron chi connectivity index (χ0n) is 9.71. The van der Waals surface area contributed by atoms with Gasteiger partial charge < -0.3 is 10.6 Å². The molecule has 0 aromatic heterocycles. The fourth-order valence-electron chi connectivity index (χ4n) is 2.28. The zero-order chi connectivity index (χ0) is 10.4. The minimum atomic E-state index is 0.770. The van der Waals surface area contributed by atoms with Crippen molar-refractivity contribution in [2.45, 2.75) is 32.7 Å². The molecule has 0 spiro atoms. The van der Waals surface area contributed by atoms with Crippen molar-refractivity contribution in [3.05, 3.63) is 0 Å². The second kappa shape index (κ2) is 6.38. The highest BCUT2D eigenvalue weighted by Crippen LogP contribution is 2.12. The minimum Gasteiger partial charge on any atom is -0.330 e. The maximum Gasteiger partial charge on any atom is 0.0220 e. The number of rotatable bonds is 5. The van der Waals surface area contributed by atoms with Crippen LogP contribution in [0.2, 0.25) is 0 Å². The van der Waals surface area contributed by atoms with Gasteiger partial charge in [-0.2, -0.15) is 0 Å². The van der Waals surface area contributed by atoms with Crippen molar-refractivity contribution in [3.63, 3.8) is 0 Å². The van der Waals surface area contributed by atoms with Gasteiger partial charge in [0.1, 0.15) is 0 Å². The van der Waals surface area contributed by atoms with E-state index in [1.165, 1.54) is 39.1 Å². The monoisotopic (exact) mass is 199 g/mol. The van der Waals surface area contributed by atoms with Gasteiger partial charge in [-0.25, -0.2) is 0 Å². The summed E-state index contributed by atoms with van der Waals surface area (Å²) in [6, 6.07) is 0.770. The standard InChI is InChI=1S/C11H25N3/c1-3-11-10-13(7-5-6-12)8-9-14(11)4-2/h11H,3-10,12H2,1-2H3. The molecule has 2 N–H and O–H groups in total. The third-order valence-corrected chi connectivity index (χ3v) is 3.24. The molecule has 0 bridgehead atoms. The molecule has 1 rings (SSSR count). The Labute approximate surface area is 88.2 Å². The van der Waals surface area contributed by atoms with Gasteiger partial charge in [0.2, 0.25) is 0 Å². The molecule has 0 radical (unpaired) electrons. The van der Waals surface area contributed by atoms with Crippen molar-refractivity contribution in [3.8, 4) is 0 Å². The van der Waals surface area contributed by atoms with Crippen LogP contribution in [-0.2, 0) is 0 Å². The average Bonchev–Trinajstić information content (AvgIpc) is 2.25. The Balaban J connectivity index is 2.32. The number of nitrogens with zero attached hydrogens (tertiary/aromatic N) is 2. The summed E-state index contributed by atoms with van der Waals surface area (Å²) in [5.41, 5.74) is 5.53. The lowest BCUT2D eigenvalue weighted by Crippen LogP contribution is -2.52. The summed E-state index contributed by atoms with van der Waals surface area (Å²) in [6.45, 7) is 11.5. The van der Waals surface area contributed by atoms with Crippen LogP contribution in [0.25, 0.3) is 0 Å². The first-order valence-electron chi connectivity index (χ1n) is 5.98. The van der Waals surface area contributed by atoms with Gasteiger partial charge in [0.15, 0.2) is 0 Å². The van der Waals surface area contributed by atoms with E-state index >= 15 is 0 Å². The molecule has 0 aliphatic carbocycles. The number of nitrogens with two attached hydrogens (primary N) is 1. The van der Waals surface area contributed by atoms with Crippen molar-refractivity contribution < 1.29 is 0 Å². The SMILES string of the molecule is CCC1CN(CCCN)CCN1CC. The van der Waals surface area contributed by atoms with Gasteiger partial charge in [0.25, 0.3) is 0 Å². The Kier molecular flexibility index (Phi) is 5.45. The maximum absolute atomic E-state index is 5.53. The number of piperazine rings is 1. The molecule has 0 aromatic rings. The fraction of sp³-hybridized carbons (Fsp3) is 1.00. The molecule has 1 saturated heterocycles. The van der Waals surface area contributed by atoms with E-state index in [9.17, 15) is 0 Å². The number of likely N-dealkylation sites (N-methyl/N-ethyl adjacent to an activating group) is 1. The topological polar surface area (TPSA) is 32.5 Å². The van der Waals surface area contributed by atoms with Crippen LogP contribution >= 0.6 is 0 Å². The zero-order valence-corrected chi connectivity index (χ0v) is 9.71. The lowest BCUT2D eigenvalue weighted by Gasteiger charge is -2.40. The van der Waals surface area contributed by atoms with Crippen molar-refractivity contribution in [2.24, 2.45) is 5.73 Å². The van der Waals surface area contributed by atoms with E-state index in [2.05, 4.69) is 23.6 Å². The Morgan fingerprint density at radius 3 is 2.64 bits per heavy atom. The van der Waals surface area contributed by atoms with Gasteiger partial charge in [-0.3, -0.25) is 4.90 Å². The normalized spacial score (nSPS) is 25.5. The molecule has 0 saturated carbocycles. The molecule has 84 valence electrons. The van der Waals surface area contributed by atoms with Crippen LogP contribution in [0.4, 0.5) is 0 Å². The summed E-state index contributed by atoms with van der Waals surface area (Å²) >= 11 is 0. The molecule has 1 atom stereocenters. The highest BCUT2D eigenvalue weighted by molar-refractivity contribution is 4.80. The van der Waals surface area contributed by atoms with E-state index in [4.69, 9.17) is 5.73 Å². The maximum atomic E-state index is 5.53. The Morgan fingerprint density at radius 2 is 2.07 bits per heavy atom. The second-order valence-electron chi connectivity index (χ2n) is 4.13. The predicted molar refractivity (Wildman–Crippen MR) is 61.4 cm³/mol. The van der Waals surface area contributed by atoms with Crippen LogP contribution in [0.15, 0.2) is 0 Å². The summed E-state index contributed by atoms with van der Waals surface area (Å²) in [5.74, 6) is 0. The van der Waals surface area contributed by atoms with Gasteiger partial charge in [-0.1, -0.05) is 13.8 Å². The third-order valence-electron chi connectivity index (χ3n) is 3.24. The molecule has 1 aliphatic rings. The van der Waals surface area contributed by atoms with Crippen LogP contribution in [0.1, 0.15) is 26.7 Å². The summed E-state index contributed by atoms with van der Waals surface area (Å²) in [7, 11) is 0. The van der Waals surface area contributed by atoms with E-state index in [-0.39, 0.29) is 0 Å². The van der Waals surface area contributed by atoms with E-state index in [0.29, 0.717) is 0 Å². The molecule has 1 fully saturated rings. The van der Waals surface area contributed by atoms with Crippen molar-refractivity contribution in [2.75, 3.05) is 39.3 Å². The molecule has 0 aromatic carbocycles. The molecule has 1 unspecified atom stereocenters. The highest BCUT2D eigenvalue weighted by Gasteiger charge is 2.23. The predicted octanol–water partition coefficient (Wildman–Crippen LogP) is 0.751. The molecular formula is C11H25N3. The minimum absolute atomic E-state index is 0.770. The number of hydrogen-bond acceptors (Lipinski definition) is 3. The van der Waals surface area contributed by atoms with Crippen LogP contribution < -0.4 is 5.73 Å². The van der Waals surface area contributed by atoms with Crippen molar-refractivity contribution >= 4 is 0 Å². The first-order chi connectivity index (χ1) is 6.81.